The van der Waals surface area contributed by atoms with E-state index in [1.807, 2.05) is 0 Å². The normalized spacial score (nSPS) is 39.0. The summed E-state index contributed by atoms with van der Waals surface area (Å²) in [6.07, 6.45) is 3.57. The monoisotopic (exact) mass is 156 g/mol. The first-order chi connectivity index (χ1) is 4.83. The van der Waals surface area contributed by atoms with Gasteiger partial charge in [0.05, 0.1) is 12.2 Å². The molecule has 2 aliphatic heterocycles. The van der Waals surface area contributed by atoms with Gasteiger partial charge in [0.25, 0.3) is 0 Å². The third-order valence-electron chi connectivity index (χ3n) is 2.52. The fourth-order valence-electron chi connectivity index (χ4n) is 1.95. The molecule has 3 atom stereocenters. The number of ether oxygens (including phenoxy) is 1. The summed E-state index contributed by atoms with van der Waals surface area (Å²) in [6, 6.07) is 0. The first-order valence-electron chi connectivity index (χ1n) is 3.87. The van der Waals surface area contributed by atoms with E-state index >= 15 is 0 Å². The molecule has 2 rings (SSSR count). The van der Waals surface area contributed by atoms with Gasteiger partial charge in [0.1, 0.15) is 0 Å². The van der Waals surface area contributed by atoms with Gasteiger partial charge in [-0.2, -0.15) is 0 Å². The van der Waals surface area contributed by atoms with E-state index in [-0.39, 0.29) is 0 Å². The van der Waals surface area contributed by atoms with Crippen LogP contribution >= 0.6 is 8.58 Å². The highest BCUT2D eigenvalue weighted by Gasteiger charge is 2.36. The lowest BCUT2D eigenvalue weighted by molar-refractivity contribution is 0.115. The average Bonchev–Trinajstić information content (AvgIpc) is 2.46. The number of hydrogen-bond acceptors (Lipinski definition) is 1. The minimum Gasteiger partial charge on any atom is -0.366 e. The maximum Gasteiger partial charge on any atom is 0.0836 e. The highest BCUT2D eigenvalue weighted by atomic mass is 31.1. The van der Waals surface area contributed by atoms with Crippen molar-refractivity contribution >= 4 is 8.58 Å². The van der Waals surface area contributed by atoms with Crippen LogP contribution in [0.2, 0.25) is 0 Å². The zero-order valence-corrected chi connectivity index (χ0v) is 7.48. The molecule has 0 spiro atoms. The second kappa shape index (κ2) is 2.32. The van der Waals surface area contributed by atoms with Gasteiger partial charge in [0.15, 0.2) is 0 Å². The van der Waals surface area contributed by atoms with Gasteiger partial charge in [0, 0.05) is 0 Å². The summed E-state index contributed by atoms with van der Waals surface area (Å²) in [6.45, 7) is 4.48. The summed E-state index contributed by atoms with van der Waals surface area (Å²) < 4.78 is 5.72. The summed E-state index contributed by atoms with van der Waals surface area (Å²) in [5.74, 6) is 0. The minimum absolute atomic E-state index is 0.507. The van der Waals surface area contributed by atoms with Crippen molar-refractivity contribution in [1.82, 2.24) is 0 Å². The molecule has 0 N–H and O–H groups in total. The second-order valence-corrected chi connectivity index (χ2v) is 4.08. The summed E-state index contributed by atoms with van der Waals surface area (Å²) in [5.41, 5.74) is 1.54. The van der Waals surface area contributed by atoms with Crippen molar-refractivity contribution < 1.29 is 4.74 Å². The zero-order chi connectivity index (χ0) is 7.14. The zero-order valence-electron chi connectivity index (χ0n) is 6.48. The topological polar surface area (TPSA) is 9.23 Å². The van der Waals surface area contributed by atoms with Crippen molar-refractivity contribution in [3.8, 4) is 0 Å². The lowest BCUT2D eigenvalue weighted by atomic mass is 10.0. The SMILES string of the molecule is CPC1=C(C)C2CCC1O2. The van der Waals surface area contributed by atoms with Gasteiger partial charge in [-0.1, -0.05) is 8.58 Å². The molecule has 0 saturated carbocycles. The molecular weight excluding hydrogens is 143 g/mol. The summed E-state index contributed by atoms with van der Waals surface area (Å²) in [7, 11) is 0.964. The predicted molar refractivity (Wildman–Crippen MR) is 44.8 cm³/mol. The minimum atomic E-state index is 0.507. The van der Waals surface area contributed by atoms with Crippen molar-refractivity contribution in [2.24, 2.45) is 0 Å². The highest BCUT2D eigenvalue weighted by Crippen LogP contribution is 2.45. The molecule has 56 valence electrons. The number of rotatable bonds is 1. The average molecular weight is 156 g/mol. The van der Waals surface area contributed by atoms with Crippen molar-refractivity contribution in [1.29, 1.82) is 0 Å². The van der Waals surface area contributed by atoms with E-state index < -0.39 is 0 Å². The van der Waals surface area contributed by atoms with Gasteiger partial charge >= 0.3 is 0 Å². The Labute approximate surface area is 63.6 Å². The molecular formula is C8H13OP. The third-order valence-corrected chi connectivity index (χ3v) is 3.77. The first kappa shape index (κ1) is 6.82. The van der Waals surface area contributed by atoms with Crippen molar-refractivity contribution in [2.75, 3.05) is 6.66 Å². The van der Waals surface area contributed by atoms with Crippen LogP contribution in [0.15, 0.2) is 10.9 Å². The van der Waals surface area contributed by atoms with E-state index in [1.54, 1.807) is 5.31 Å². The lowest BCUT2D eigenvalue weighted by Crippen LogP contribution is -2.03. The van der Waals surface area contributed by atoms with Gasteiger partial charge in [-0.05, 0) is 37.3 Å². The van der Waals surface area contributed by atoms with Crippen LogP contribution in [0.4, 0.5) is 0 Å². The van der Waals surface area contributed by atoms with Gasteiger partial charge in [0.2, 0.25) is 0 Å². The van der Waals surface area contributed by atoms with Crippen LogP contribution in [0.1, 0.15) is 19.8 Å². The molecule has 0 radical (unpaired) electrons. The Morgan fingerprint density at radius 1 is 1.40 bits per heavy atom. The molecule has 2 heteroatoms. The molecule has 0 aromatic heterocycles. The van der Waals surface area contributed by atoms with Crippen LogP contribution in [0.5, 0.6) is 0 Å². The molecule has 0 aromatic rings. The number of hydrogen-bond donors (Lipinski definition) is 0. The van der Waals surface area contributed by atoms with E-state index in [9.17, 15) is 0 Å². The molecule has 1 nitrogen and oxygen atoms in total. The van der Waals surface area contributed by atoms with E-state index in [0.717, 1.165) is 8.58 Å². The van der Waals surface area contributed by atoms with E-state index in [1.165, 1.54) is 18.4 Å². The molecule has 2 bridgehead atoms. The maximum atomic E-state index is 5.72. The first-order valence-corrected chi connectivity index (χ1v) is 5.37. The summed E-state index contributed by atoms with van der Waals surface area (Å²) in [4.78, 5) is 0. The van der Waals surface area contributed by atoms with Crippen LogP contribution in [-0.2, 0) is 4.74 Å². The quantitative estimate of drug-likeness (QED) is 0.528. The Bertz CT molecular complexity index is 186. The largest absolute Gasteiger partial charge is 0.366 e. The van der Waals surface area contributed by atoms with Crippen LogP contribution in [0, 0.1) is 0 Å². The predicted octanol–water partition coefficient (Wildman–Crippen LogP) is 2.13. The van der Waals surface area contributed by atoms with E-state index in [2.05, 4.69) is 13.6 Å². The standard InChI is InChI=1S/C8H13OP/c1-5-6-3-4-7(9-6)8(5)10-2/h6-7,10H,3-4H2,1-2H3. The lowest BCUT2D eigenvalue weighted by Gasteiger charge is -2.10. The van der Waals surface area contributed by atoms with E-state index in [4.69, 9.17) is 4.74 Å². The van der Waals surface area contributed by atoms with Gasteiger partial charge in [-0.3, -0.25) is 0 Å². The Hall–Kier alpha value is 0.130. The van der Waals surface area contributed by atoms with Crippen LogP contribution < -0.4 is 0 Å². The van der Waals surface area contributed by atoms with E-state index in [0.29, 0.717) is 12.2 Å². The molecule has 2 aliphatic rings. The highest BCUT2D eigenvalue weighted by molar-refractivity contribution is 7.42. The molecule has 3 unspecified atom stereocenters. The van der Waals surface area contributed by atoms with Crippen molar-refractivity contribution in [3.05, 3.63) is 10.9 Å². The maximum absolute atomic E-state index is 5.72. The Morgan fingerprint density at radius 3 is 2.50 bits per heavy atom. The summed E-state index contributed by atoms with van der Waals surface area (Å²) in [5, 5.41) is 1.61. The molecule has 10 heavy (non-hydrogen) atoms. The molecule has 0 amide bonds. The Kier molecular flexibility index (Phi) is 1.58. The third kappa shape index (κ3) is 0.773. The van der Waals surface area contributed by atoms with Crippen LogP contribution in [0.3, 0.4) is 0 Å². The Morgan fingerprint density at radius 2 is 2.10 bits per heavy atom. The molecule has 0 aliphatic carbocycles. The van der Waals surface area contributed by atoms with Crippen molar-refractivity contribution in [3.63, 3.8) is 0 Å². The molecule has 1 fully saturated rings. The fraction of sp³-hybridized carbons (Fsp3) is 0.750. The van der Waals surface area contributed by atoms with Gasteiger partial charge in [-0.25, -0.2) is 0 Å². The molecule has 2 heterocycles. The number of fused-ring (bicyclic) bond motifs is 2. The Balaban J connectivity index is 2.29. The second-order valence-electron chi connectivity index (χ2n) is 3.04. The van der Waals surface area contributed by atoms with Gasteiger partial charge in [-0.15, -0.1) is 0 Å². The summed E-state index contributed by atoms with van der Waals surface area (Å²) >= 11 is 0. The van der Waals surface area contributed by atoms with Crippen LogP contribution in [-0.4, -0.2) is 18.9 Å². The van der Waals surface area contributed by atoms with Crippen LogP contribution in [0.25, 0.3) is 0 Å². The molecule has 1 saturated heterocycles. The molecule has 0 aromatic carbocycles. The fourth-order valence-corrected chi connectivity index (χ4v) is 3.04. The smallest absolute Gasteiger partial charge is 0.0836 e. The van der Waals surface area contributed by atoms with Gasteiger partial charge < -0.3 is 4.74 Å². The van der Waals surface area contributed by atoms with Crippen molar-refractivity contribution in [2.45, 2.75) is 32.0 Å².